The summed E-state index contributed by atoms with van der Waals surface area (Å²) in [5, 5.41) is 10.7. The highest BCUT2D eigenvalue weighted by Crippen LogP contribution is 2.45. The van der Waals surface area contributed by atoms with Crippen LogP contribution in [0, 0.1) is 11.3 Å². The number of esters is 1. The molecule has 10 nitrogen and oxygen atoms in total. The van der Waals surface area contributed by atoms with Crippen LogP contribution < -0.4 is 38.9 Å². The van der Waals surface area contributed by atoms with Gasteiger partial charge in [0.1, 0.15) is 29.7 Å². The molecule has 0 spiro atoms. The average molecular weight is 629 g/mol. The van der Waals surface area contributed by atoms with E-state index in [0.29, 0.717) is 51.7 Å². The third kappa shape index (κ3) is 6.39. The van der Waals surface area contributed by atoms with Crippen molar-refractivity contribution in [2.24, 2.45) is 5.73 Å². The van der Waals surface area contributed by atoms with Crippen LogP contribution in [0.2, 0.25) is 5.02 Å². The molecule has 1 atom stereocenters. The maximum atomic E-state index is 13.1. The van der Waals surface area contributed by atoms with E-state index in [4.69, 9.17) is 50.5 Å². The van der Waals surface area contributed by atoms with Crippen molar-refractivity contribution in [3.63, 3.8) is 0 Å². The summed E-state index contributed by atoms with van der Waals surface area (Å²) in [6.45, 7) is 0.306. The molecule has 11 heteroatoms. The highest BCUT2D eigenvalue weighted by Gasteiger charge is 2.32. The number of carbonyl (C=O) groups excluding carboxylic acids is 1. The zero-order chi connectivity index (χ0) is 32.1. The summed E-state index contributed by atoms with van der Waals surface area (Å²) in [4.78, 5) is 13.1. The van der Waals surface area contributed by atoms with E-state index in [0.717, 1.165) is 11.1 Å². The molecule has 0 saturated carbocycles. The van der Waals surface area contributed by atoms with Gasteiger partial charge in [-0.2, -0.15) is 5.26 Å². The van der Waals surface area contributed by atoms with E-state index >= 15 is 0 Å². The van der Waals surface area contributed by atoms with Crippen LogP contribution >= 0.6 is 11.6 Å². The third-order valence-corrected chi connectivity index (χ3v) is 7.38. The van der Waals surface area contributed by atoms with Crippen LogP contribution in [0.4, 0.5) is 0 Å². The summed E-state index contributed by atoms with van der Waals surface area (Å²) in [5.74, 6) is 1.16. The molecule has 2 N–H and O–H groups in total. The Morgan fingerprint density at radius 3 is 2.18 bits per heavy atom. The SMILES string of the molecule is COc1cc(C2C(C#N)=C(N)Oc3cc(OC(=O)c4cc(OC)c(OC)c(OC)c4)ccc32)ccc1OCc1ccc(Cl)cc1. The zero-order valence-electron chi connectivity index (χ0n) is 24.9. The Bertz CT molecular complexity index is 1790. The number of nitrogens with two attached hydrogens (primary N) is 1. The standard InChI is InChI=1S/C34H29ClN2O8/c1-39-28-13-20(7-12-26(28)43-18-19-5-8-22(35)9-6-19)31-24-11-10-23(16-27(24)45-33(37)25(31)17-36)44-34(38)21-14-29(40-2)32(42-4)30(15-21)41-3/h5-16,31H,18,37H2,1-4H3. The average Bonchev–Trinajstić information content (AvgIpc) is 3.06. The van der Waals surface area contributed by atoms with E-state index in [-0.39, 0.29) is 22.8 Å². The molecule has 0 aromatic heterocycles. The number of methoxy groups -OCH3 is 4. The molecular weight excluding hydrogens is 600 g/mol. The number of benzene rings is 4. The Morgan fingerprint density at radius 2 is 1.56 bits per heavy atom. The Labute approximate surface area is 265 Å². The molecule has 0 radical (unpaired) electrons. The lowest BCUT2D eigenvalue weighted by Crippen LogP contribution is -2.21. The quantitative estimate of drug-likeness (QED) is 0.156. The molecule has 4 aromatic rings. The predicted octanol–water partition coefficient (Wildman–Crippen LogP) is 6.39. The van der Waals surface area contributed by atoms with Gasteiger partial charge in [-0.15, -0.1) is 0 Å². The van der Waals surface area contributed by atoms with E-state index in [1.54, 1.807) is 42.5 Å². The van der Waals surface area contributed by atoms with E-state index < -0.39 is 11.9 Å². The monoisotopic (exact) mass is 628 g/mol. The minimum Gasteiger partial charge on any atom is -0.493 e. The predicted molar refractivity (Wildman–Crippen MR) is 166 cm³/mol. The molecular formula is C34H29ClN2O8. The first-order chi connectivity index (χ1) is 21.8. The number of halogens is 1. The number of hydrogen-bond acceptors (Lipinski definition) is 10. The molecule has 1 aliphatic rings. The van der Waals surface area contributed by atoms with Gasteiger partial charge >= 0.3 is 5.97 Å². The minimum absolute atomic E-state index is 0.0647. The van der Waals surface area contributed by atoms with Crippen molar-refractivity contribution in [2.75, 3.05) is 28.4 Å². The van der Waals surface area contributed by atoms with Gasteiger partial charge in [-0.05, 0) is 53.6 Å². The largest absolute Gasteiger partial charge is 0.493 e. The van der Waals surface area contributed by atoms with Crippen molar-refractivity contribution in [3.05, 3.63) is 112 Å². The van der Waals surface area contributed by atoms with Crippen LogP contribution in [0.15, 0.2) is 84.3 Å². The zero-order valence-corrected chi connectivity index (χ0v) is 25.6. The molecule has 0 saturated heterocycles. The number of fused-ring (bicyclic) bond motifs is 1. The van der Waals surface area contributed by atoms with Crippen molar-refractivity contribution in [1.82, 2.24) is 0 Å². The van der Waals surface area contributed by atoms with Crippen molar-refractivity contribution >= 4 is 17.6 Å². The minimum atomic E-state index is -0.665. The first kappa shape index (κ1) is 30.9. The van der Waals surface area contributed by atoms with E-state index in [1.807, 2.05) is 18.2 Å². The summed E-state index contributed by atoms with van der Waals surface area (Å²) in [7, 11) is 5.91. The Kier molecular flexibility index (Phi) is 9.21. The molecule has 4 aromatic carbocycles. The fraction of sp³-hybridized carbons (Fsp3) is 0.176. The maximum absolute atomic E-state index is 13.1. The number of nitriles is 1. The number of hydrogen-bond donors (Lipinski definition) is 1. The van der Waals surface area contributed by atoms with Crippen LogP contribution in [-0.2, 0) is 6.61 Å². The summed E-state index contributed by atoms with van der Waals surface area (Å²) in [5.41, 5.74) is 8.91. The molecule has 0 aliphatic carbocycles. The lowest BCUT2D eigenvalue weighted by atomic mass is 9.83. The van der Waals surface area contributed by atoms with Gasteiger partial charge in [0.25, 0.3) is 0 Å². The Balaban J connectivity index is 1.43. The number of nitrogens with zero attached hydrogens (tertiary/aromatic N) is 1. The summed E-state index contributed by atoms with van der Waals surface area (Å²) in [6.07, 6.45) is 0. The molecule has 45 heavy (non-hydrogen) atoms. The van der Waals surface area contributed by atoms with Crippen molar-refractivity contribution in [1.29, 1.82) is 5.26 Å². The van der Waals surface area contributed by atoms with Crippen LogP contribution in [0.5, 0.6) is 40.2 Å². The second-order valence-corrected chi connectivity index (χ2v) is 10.2. The van der Waals surface area contributed by atoms with Gasteiger partial charge in [-0.1, -0.05) is 35.9 Å². The van der Waals surface area contributed by atoms with Crippen LogP contribution in [0.25, 0.3) is 0 Å². The third-order valence-electron chi connectivity index (χ3n) is 7.13. The second kappa shape index (κ2) is 13.4. The summed E-state index contributed by atoms with van der Waals surface area (Å²) in [6, 6.07) is 22.8. The number of allylic oxidation sites excluding steroid dienone is 1. The highest BCUT2D eigenvalue weighted by atomic mass is 35.5. The Morgan fingerprint density at radius 1 is 0.867 bits per heavy atom. The molecule has 0 fully saturated rings. The smallest absolute Gasteiger partial charge is 0.343 e. The topological polar surface area (TPSA) is 131 Å². The van der Waals surface area contributed by atoms with E-state index in [2.05, 4.69) is 6.07 Å². The van der Waals surface area contributed by atoms with E-state index in [9.17, 15) is 10.1 Å². The molecule has 1 heterocycles. The van der Waals surface area contributed by atoms with Gasteiger partial charge in [0.2, 0.25) is 11.6 Å². The molecule has 5 rings (SSSR count). The van der Waals surface area contributed by atoms with Crippen LogP contribution in [0.3, 0.4) is 0 Å². The second-order valence-electron chi connectivity index (χ2n) is 9.75. The van der Waals surface area contributed by atoms with Gasteiger partial charge < -0.3 is 38.9 Å². The highest BCUT2D eigenvalue weighted by molar-refractivity contribution is 6.30. The van der Waals surface area contributed by atoms with Gasteiger partial charge in [-0.3, -0.25) is 0 Å². The molecule has 0 amide bonds. The Hall–Kier alpha value is -5.53. The first-order valence-corrected chi connectivity index (χ1v) is 14.0. The number of rotatable bonds is 10. The number of carbonyl (C=O) groups is 1. The van der Waals surface area contributed by atoms with Gasteiger partial charge in [0.15, 0.2) is 23.0 Å². The molecule has 1 unspecified atom stereocenters. The summed E-state index contributed by atoms with van der Waals surface area (Å²) >= 11 is 5.98. The van der Waals surface area contributed by atoms with Crippen molar-refractivity contribution in [3.8, 4) is 46.3 Å². The molecule has 0 bridgehead atoms. The first-order valence-electron chi connectivity index (χ1n) is 13.6. The lowest BCUT2D eigenvalue weighted by molar-refractivity contribution is 0.0733. The van der Waals surface area contributed by atoms with Crippen molar-refractivity contribution in [2.45, 2.75) is 12.5 Å². The maximum Gasteiger partial charge on any atom is 0.343 e. The van der Waals surface area contributed by atoms with E-state index in [1.165, 1.54) is 40.6 Å². The van der Waals surface area contributed by atoms with Crippen LogP contribution in [0.1, 0.15) is 33.0 Å². The fourth-order valence-electron chi connectivity index (χ4n) is 4.93. The lowest BCUT2D eigenvalue weighted by Gasteiger charge is -2.27. The molecule has 230 valence electrons. The number of ether oxygens (including phenoxy) is 7. The van der Waals surface area contributed by atoms with Gasteiger partial charge in [0.05, 0.1) is 39.9 Å². The summed E-state index contributed by atoms with van der Waals surface area (Å²) < 4.78 is 39.1. The normalized spacial score (nSPS) is 13.6. The fourth-order valence-corrected chi connectivity index (χ4v) is 5.06. The van der Waals surface area contributed by atoms with Gasteiger partial charge in [-0.25, -0.2) is 4.79 Å². The van der Waals surface area contributed by atoms with Crippen LogP contribution in [-0.4, -0.2) is 34.4 Å². The molecule has 1 aliphatic heterocycles. The van der Waals surface area contributed by atoms with Gasteiger partial charge in [0, 0.05) is 16.7 Å². The van der Waals surface area contributed by atoms with Crippen molar-refractivity contribution < 1.29 is 38.0 Å².